The van der Waals surface area contributed by atoms with E-state index in [0.717, 1.165) is 0 Å². The van der Waals surface area contributed by atoms with Crippen LogP contribution in [0.5, 0.6) is 0 Å². The fraction of sp³-hybridized carbons (Fsp3) is 0. The highest BCUT2D eigenvalue weighted by atomic mass is 32.1. The van der Waals surface area contributed by atoms with Crippen LogP contribution in [0.3, 0.4) is 0 Å². The Balaban J connectivity index is 1.13. The van der Waals surface area contributed by atoms with Gasteiger partial charge in [-0.15, -0.1) is 11.3 Å². The maximum atomic E-state index is 2.36. The fourth-order valence-electron chi connectivity index (χ4n) is 7.60. The van der Waals surface area contributed by atoms with E-state index in [2.05, 4.69) is 205 Å². The van der Waals surface area contributed by atoms with Gasteiger partial charge in [0.25, 0.3) is 0 Å². The van der Waals surface area contributed by atoms with Gasteiger partial charge in [-0.2, -0.15) is 0 Å². The molecule has 0 saturated carbocycles. The number of nitrogens with zero attached hydrogens (tertiary/aromatic N) is 1. The molecule has 2 heteroatoms. The number of benzene rings is 8. The van der Waals surface area contributed by atoms with Gasteiger partial charge in [0.1, 0.15) is 0 Å². The quantitative estimate of drug-likeness (QED) is 0.165. The number of thiophene rings is 1. The SMILES string of the molecule is c1ccc(-c2cc(-c3ccccc3)cc(-c3cc(-c4ccccc4)cc(-c4ccc5c(ccn5-c5cccc6c5sc5ccccc56)c4)c3)c2)cc1. The molecule has 10 aromatic rings. The normalized spacial score (nSPS) is 11.5. The molecule has 0 amide bonds. The molecular weight excluding hydrogens is 647 g/mol. The van der Waals surface area contributed by atoms with Gasteiger partial charge in [-0.1, -0.05) is 127 Å². The zero-order valence-corrected chi connectivity index (χ0v) is 29.2. The topological polar surface area (TPSA) is 4.93 Å². The highest BCUT2D eigenvalue weighted by Crippen LogP contribution is 2.40. The Morgan fingerprint density at radius 2 is 0.808 bits per heavy atom. The summed E-state index contributed by atoms with van der Waals surface area (Å²) in [6.45, 7) is 0. The van der Waals surface area contributed by atoms with Crippen molar-refractivity contribution in [3.8, 4) is 61.3 Å². The molecule has 2 aromatic heterocycles. The predicted molar refractivity (Wildman–Crippen MR) is 223 cm³/mol. The molecule has 0 spiro atoms. The van der Waals surface area contributed by atoms with Crippen LogP contribution in [-0.2, 0) is 0 Å². The lowest BCUT2D eigenvalue weighted by molar-refractivity contribution is 1.15. The fourth-order valence-corrected chi connectivity index (χ4v) is 8.81. The van der Waals surface area contributed by atoms with E-state index < -0.39 is 0 Å². The van der Waals surface area contributed by atoms with E-state index in [9.17, 15) is 0 Å². The van der Waals surface area contributed by atoms with Crippen molar-refractivity contribution >= 4 is 42.4 Å². The lowest BCUT2D eigenvalue weighted by atomic mass is 9.90. The molecule has 0 aliphatic rings. The standard InChI is InChI=1S/C50H33NS/c1-4-13-34(14-5-1)39-28-40(35-15-6-2-7-16-35)31-43(30-39)44-32-41(36-17-8-3-9-18-36)29-42(33-44)37-23-24-47-38(27-37)25-26-51(47)48-21-12-20-46-45-19-10-11-22-49(45)52-50(46)48/h1-33H. The third-order valence-corrected chi connectivity index (χ3v) is 11.4. The minimum Gasteiger partial charge on any atom is -0.315 e. The van der Waals surface area contributed by atoms with Crippen LogP contribution in [0.25, 0.3) is 92.4 Å². The van der Waals surface area contributed by atoms with Crippen LogP contribution >= 0.6 is 11.3 Å². The van der Waals surface area contributed by atoms with Crippen molar-refractivity contribution in [2.75, 3.05) is 0 Å². The molecule has 0 aliphatic carbocycles. The molecule has 244 valence electrons. The maximum absolute atomic E-state index is 2.36. The van der Waals surface area contributed by atoms with Gasteiger partial charge in [-0.3, -0.25) is 0 Å². The Labute approximate surface area is 307 Å². The van der Waals surface area contributed by atoms with E-state index in [0.29, 0.717) is 0 Å². The maximum Gasteiger partial charge on any atom is 0.0634 e. The second-order valence-corrected chi connectivity index (χ2v) is 14.5. The van der Waals surface area contributed by atoms with Crippen LogP contribution < -0.4 is 0 Å². The summed E-state index contributed by atoms with van der Waals surface area (Å²) in [5, 5.41) is 3.86. The molecule has 52 heavy (non-hydrogen) atoms. The zero-order valence-electron chi connectivity index (χ0n) is 28.4. The first-order chi connectivity index (χ1) is 25.7. The van der Waals surface area contributed by atoms with Crippen LogP contribution in [0.4, 0.5) is 0 Å². The highest BCUT2D eigenvalue weighted by molar-refractivity contribution is 7.26. The van der Waals surface area contributed by atoms with Crippen LogP contribution in [0.2, 0.25) is 0 Å². The van der Waals surface area contributed by atoms with Crippen LogP contribution in [0.1, 0.15) is 0 Å². The lowest BCUT2D eigenvalue weighted by Gasteiger charge is -2.15. The third-order valence-electron chi connectivity index (χ3n) is 10.2. The molecule has 1 nitrogen and oxygen atoms in total. The van der Waals surface area contributed by atoms with Crippen molar-refractivity contribution in [3.63, 3.8) is 0 Å². The second-order valence-electron chi connectivity index (χ2n) is 13.4. The Hall–Kier alpha value is -6.48. The summed E-state index contributed by atoms with van der Waals surface area (Å²) in [5.74, 6) is 0. The minimum atomic E-state index is 1.19. The molecule has 0 unspecified atom stereocenters. The highest BCUT2D eigenvalue weighted by Gasteiger charge is 2.15. The predicted octanol–water partition coefficient (Wildman–Crippen LogP) is 14.3. The summed E-state index contributed by atoms with van der Waals surface area (Å²) in [5.41, 5.74) is 14.5. The number of aromatic nitrogens is 1. The smallest absolute Gasteiger partial charge is 0.0634 e. The number of rotatable bonds is 6. The van der Waals surface area contributed by atoms with Gasteiger partial charge in [0.15, 0.2) is 0 Å². The number of hydrogen-bond acceptors (Lipinski definition) is 1. The van der Waals surface area contributed by atoms with Crippen LogP contribution in [0.15, 0.2) is 200 Å². The van der Waals surface area contributed by atoms with Crippen molar-refractivity contribution < 1.29 is 0 Å². The average Bonchev–Trinajstić information content (AvgIpc) is 3.83. The van der Waals surface area contributed by atoms with E-state index in [1.165, 1.54) is 92.4 Å². The van der Waals surface area contributed by atoms with E-state index in [4.69, 9.17) is 0 Å². The van der Waals surface area contributed by atoms with Gasteiger partial charge >= 0.3 is 0 Å². The summed E-state index contributed by atoms with van der Waals surface area (Å²) >= 11 is 1.87. The van der Waals surface area contributed by atoms with E-state index in [1.807, 2.05) is 11.3 Å². The van der Waals surface area contributed by atoms with E-state index in [-0.39, 0.29) is 0 Å². The summed E-state index contributed by atoms with van der Waals surface area (Å²) in [6, 6.07) is 70.8. The monoisotopic (exact) mass is 679 g/mol. The van der Waals surface area contributed by atoms with Gasteiger partial charge in [-0.25, -0.2) is 0 Å². The second kappa shape index (κ2) is 12.7. The Morgan fingerprint density at radius 1 is 0.327 bits per heavy atom. The molecule has 2 heterocycles. The van der Waals surface area contributed by atoms with Gasteiger partial charge in [0, 0.05) is 27.1 Å². The minimum absolute atomic E-state index is 1.19. The van der Waals surface area contributed by atoms with Crippen molar-refractivity contribution in [2.45, 2.75) is 0 Å². The molecule has 0 bridgehead atoms. The Kier molecular flexibility index (Phi) is 7.41. The molecule has 0 aliphatic heterocycles. The Bertz CT molecular complexity index is 2820. The molecule has 0 N–H and O–H groups in total. The van der Waals surface area contributed by atoms with Gasteiger partial charge in [-0.05, 0) is 122 Å². The van der Waals surface area contributed by atoms with Crippen molar-refractivity contribution in [2.24, 2.45) is 0 Å². The molecular formula is C50H33NS. The first-order valence-electron chi connectivity index (χ1n) is 17.7. The molecule has 0 radical (unpaired) electrons. The summed E-state index contributed by atoms with van der Waals surface area (Å²) in [4.78, 5) is 0. The Morgan fingerprint density at radius 3 is 1.38 bits per heavy atom. The van der Waals surface area contributed by atoms with Gasteiger partial charge in [0.2, 0.25) is 0 Å². The van der Waals surface area contributed by atoms with Crippen LogP contribution in [0, 0.1) is 0 Å². The summed E-state index contributed by atoms with van der Waals surface area (Å²) in [7, 11) is 0. The van der Waals surface area contributed by atoms with Gasteiger partial charge in [0.05, 0.1) is 15.9 Å². The first-order valence-corrected chi connectivity index (χ1v) is 18.6. The third kappa shape index (κ3) is 5.42. The first kappa shape index (κ1) is 30.4. The molecule has 0 fully saturated rings. The average molecular weight is 680 g/mol. The molecule has 10 rings (SSSR count). The lowest BCUT2D eigenvalue weighted by Crippen LogP contribution is -1.92. The van der Waals surface area contributed by atoms with Crippen molar-refractivity contribution in [1.29, 1.82) is 0 Å². The molecule has 8 aromatic carbocycles. The zero-order chi connectivity index (χ0) is 34.4. The van der Waals surface area contributed by atoms with E-state index >= 15 is 0 Å². The number of hydrogen-bond donors (Lipinski definition) is 0. The molecule has 0 saturated heterocycles. The molecule has 0 atom stereocenters. The van der Waals surface area contributed by atoms with Crippen molar-refractivity contribution in [3.05, 3.63) is 200 Å². The van der Waals surface area contributed by atoms with E-state index in [1.54, 1.807) is 0 Å². The largest absolute Gasteiger partial charge is 0.315 e. The van der Waals surface area contributed by atoms with Gasteiger partial charge < -0.3 is 4.57 Å². The summed E-state index contributed by atoms with van der Waals surface area (Å²) < 4.78 is 4.99. The number of fused-ring (bicyclic) bond motifs is 4. The van der Waals surface area contributed by atoms with Crippen molar-refractivity contribution in [1.82, 2.24) is 4.57 Å². The van der Waals surface area contributed by atoms with Crippen LogP contribution in [-0.4, -0.2) is 4.57 Å². The summed E-state index contributed by atoms with van der Waals surface area (Å²) in [6.07, 6.45) is 2.22.